The highest BCUT2D eigenvalue weighted by molar-refractivity contribution is 7.13. The fourth-order valence-corrected chi connectivity index (χ4v) is 4.87. The quantitative estimate of drug-likeness (QED) is 0.606. The molecule has 3 rings (SSSR count). The Balaban J connectivity index is 1.74. The molecule has 1 saturated heterocycles. The third-order valence-corrected chi connectivity index (χ3v) is 7.13. The number of benzene rings is 1. The van der Waals surface area contributed by atoms with Gasteiger partial charge in [0.2, 0.25) is 11.8 Å². The second-order valence-electron chi connectivity index (χ2n) is 9.94. The molecule has 9 heteroatoms. The summed E-state index contributed by atoms with van der Waals surface area (Å²) in [6, 6.07) is 6.19. The minimum absolute atomic E-state index is 0.150. The number of nitrogens with two attached hydrogens (primary N) is 1. The van der Waals surface area contributed by atoms with Gasteiger partial charge in [0.1, 0.15) is 12.1 Å². The van der Waals surface area contributed by atoms with Crippen LogP contribution in [0.25, 0.3) is 10.4 Å². The van der Waals surface area contributed by atoms with Gasteiger partial charge in [-0.3, -0.25) is 14.4 Å². The molecule has 184 valence electrons. The summed E-state index contributed by atoms with van der Waals surface area (Å²) in [6.45, 7) is 11.0. The molecule has 0 bridgehead atoms. The Bertz CT molecular complexity index is 1040. The first kappa shape index (κ1) is 25.8. The average molecular weight is 487 g/mol. The Morgan fingerprint density at radius 3 is 2.41 bits per heavy atom. The highest BCUT2D eigenvalue weighted by Gasteiger charge is 2.44. The van der Waals surface area contributed by atoms with Crippen LogP contribution in [0.1, 0.15) is 58.3 Å². The number of hydrogen-bond donors (Lipinski definition) is 2. The summed E-state index contributed by atoms with van der Waals surface area (Å²) in [6.07, 6.45) is -0.300. The Kier molecular flexibility index (Phi) is 7.77. The Morgan fingerprint density at radius 1 is 1.24 bits per heavy atom. The van der Waals surface area contributed by atoms with Crippen LogP contribution in [0.2, 0.25) is 0 Å². The van der Waals surface area contributed by atoms with Crippen molar-refractivity contribution in [1.82, 2.24) is 15.2 Å². The number of carbonyl (C=O) groups excluding carboxylic acids is 3. The summed E-state index contributed by atoms with van der Waals surface area (Å²) in [5.41, 5.74) is 10.6. The van der Waals surface area contributed by atoms with Crippen molar-refractivity contribution >= 4 is 29.1 Å². The van der Waals surface area contributed by atoms with E-state index in [4.69, 9.17) is 10.5 Å². The summed E-state index contributed by atoms with van der Waals surface area (Å²) in [5.74, 6) is -1.05. The number of esters is 1. The maximum atomic E-state index is 13.3. The fourth-order valence-electron chi connectivity index (χ4n) is 4.05. The molecule has 0 spiro atoms. The predicted molar refractivity (Wildman–Crippen MR) is 132 cm³/mol. The zero-order valence-corrected chi connectivity index (χ0v) is 21.4. The zero-order valence-electron chi connectivity index (χ0n) is 20.6. The van der Waals surface area contributed by atoms with Gasteiger partial charge in [-0.25, -0.2) is 4.98 Å². The summed E-state index contributed by atoms with van der Waals surface area (Å²) in [5, 5.41) is 3.02. The van der Waals surface area contributed by atoms with Gasteiger partial charge in [-0.15, -0.1) is 11.3 Å². The van der Waals surface area contributed by atoms with Crippen LogP contribution in [0.5, 0.6) is 0 Å². The first-order chi connectivity index (χ1) is 15.9. The Hall–Kier alpha value is -2.78. The molecule has 8 nitrogen and oxygen atoms in total. The maximum Gasteiger partial charge on any atom is 0.302 e. The van der Waals surface area contributed by atoms with Crippen LogP contribution in [-0.4, -0.2) is 52.4 Å². The number of aryl methyl sites for hydroxylation is 1. The molecule has 2 amide bonds. The van der Waals surface area contributed by atoms with Crippen molar-refractivity contribution in [1.29, 1.82) is 0 Å². The molecule has 0 saturated carbocycles. The van der Waals surface area contributed by atoms with Gasteiger partial charge in [0.15, 0.2) is 0 Å². The summed E-state index contributed by atoms with van der Waals surface area (Å²) >= 11 is 1.59. The molecule has 3 N–H and O–H groups in total. The number of carbonyl (C=O) groups is 3. The number of aromatic nitrogens is 1. The largest absolute Gasteiger partial charge is 0.461 e. The van der Waals surface area contributed by atoms with E-state index in [2.05, 4.69) is 10.3 Å². The van der Waals surface area contributed by atoms with E-state index in [1.54, 1.807) is 11.3 Å². The number of nitrogens with zero attached hydrogens (tertiary/aromatic N) is 2. The molecule has 1 aromatic carbocycles. The topological polar surface area (TPSA) is 115 Å². The van der Waals surface area contributed by atoms with Crippen molar-refractivity contribution in [3.05, 3.63) is 41.0 Å². The Labute approximate surface area is 204 Å². The number of ether oxygens (including phenoxy) is 1. The van der Waals surface area contributed by atoms with Gasteiger partial charge in [0.25, 0.3) is 0 Å². The van der Waals surface area contributed by atoms with Crippen LogP contribution >= 0.6 is 11.3 Å². The summed E-state index contributed by atoms with van der Waals surface area (Å²) in [7, 11) is 0. The SMILES string of the molecule is CC(=O)OC1CC(C(=O)N[C@@H](C)c2ccc(-c3scnc3C)cc2)N(C(=O)C(N)C(C)(C)C)C1. The van der Waals surface area contributed by atoms with Gasteiger partial charge in [-0.2, -0.15) is 0 Å². The van der Waals surface area contributed by atoms with Gasteiger partial charge in [-0.05, 0) is 30.4 Å². The molecule has 34 heavy (non-hydrogen) atoms. The molecule has 3 unspecified atom stereocenters. The lowest BCUT2D eigenvalue weighted by molar-refractivity contribution is -0.147. The summed E-state index contributed by atoms with van der Waals surface area (Å²) in [4.78, 5) is 44.8. The fraction of sp³-hybridized carbons (Fsp3) is 0.520. The standard InChI is InChI=1S/C25H34N4O4S/c1-14(17-7-9-18(10-8-17)21-15(2)27-13-34-21)28-23(31)20-11-19(33-16(3)30)12-29(20)24(32)22(26)25(4,5)6/h7-10,13-14,19-20,22H,11-12,26H2,1-6H3,(H,28,31)/t14-,19?,20?,22?/m0/s1. The first-order valence-corrected chi connectivity index (χ1v) is 12.3. The molecule has 2 heterocycles. The van der Waals surface area contributed by atoms with Gasteiger partial charge >= 0.3 is 5.97 Å². The number of rotatable bonds is 6. The molecule has 1 aromatic heterocycles. The van der Waals surface area contributed by atoms with Crippen molar-refractivity contribution in [2.45, 2.75) is 72.2 Å². The van der Waals surface area contributed by atoms with Gasteiger partial charge in [-0.1, -0.05) is 45.0 Å². The molecule has 1 aliphatic rings. The second kappa shape index (κ2) is 10.2. The third kappa shape index (κ3) is 5.82. The summed E-state index contributed by atoms with van der Waals surface area (Å²) < 4.78 is 5.33. The third-order valence-electron chi connectivity index (χ3n) is 6.16. The van der Waals surface area contributed by atoms with Gasteiger partial charge in [0.05, 0.1) is 34.7 Å². The Morgan fingerprint density at radius 2 is 1.88 bits per heavy atom. The van der Waals surface area contributed by atoms with Crippen LogP contribution in [0.4, 0.5) is 0 Å². The van der Waals surface area contributed by atoms with Crippen molar-refractivity contribution in [3.8, 4) is 10.4 Å². The molecule has 4 atom stereocenters. The van der Waals surface area contributed by atoms with E-state index in [-0.39, 0.29) is 30.8 Å². The van der Waals surface area contributed by atoms with Crippen LogP contribution in [0, 0.1) is 12.3 Å². The smallest absolute Gasteiger partial charge is 0.302 e. The van der Waals surface area contributed by atoms with Gasteiger partial charge in [0, 0.05) is 13.3 Å². The lowest BCUT2D eigenvalue weighted by Crippen LogP contribution is -2.55. The molecular formula is C25H34N4O4S. The minimum Gasteiger partial charge on any atom is -0.461 e. The molecule has 0 radical (unpaired) electrons. The highest BCUT2D eigenvalue weighted by Crippen LogP contribution is 2.29. The number of thiazole rings is 1. The molecule has 0 aliphatic carbocycles. The number of hydrogen-bond acceptors (Lipinski definition) is 7. The predicted octanol–water partition coefficient (Wildman–Crippen LogP) is 3.20. The van der Waals surface area contributed by atoms with Crippen LogP contribution in [0.3, 0.4) is 0 Å². The first-order valence-electron chi connectivity index (χ1n) is 11.4. The maximum absolute atomic E-state index is 13.3. The van der Waals surface area contributed by atoms with E-state index in [1.807, 2.05) is 64.4 Å². The highest BCUT2D eigenvalue weighted by atomic mass is 32.1. The average Bonchev–Trinajstić information content (AvgIpc) is 3.37. The molecule has 1 aliphatic heterocycles. The van der Waals surface area contributed by atoms with Crippen molar-refractivity contribution < 1.29 is 19.1 Å². The monoisotopic (exact) mass is 486 g/mol. The lowest BCUT2D eigenvalue weighted by Gasteiger charge is -2.32. The number of likely N-dealkylation sites (tertiary alicyclic amines) is 1. The van der Waals surface area contributed by atoms with E-state index in [9.17, 15) is 14.4 Å². The van der Waals surface area contributed by atoms with E-state index < -0.39 is 29.6 Å². The molecule has 2 aromatic rings. The van der Waals surface area contributed by atoms with E-state index in [1.165, 1.54) is 11.8 Å². The van der Waals surface area contributed by atoms with E-state index in [0.29, 0.717) is 0 Å². The second-order valence-corrected chi connectivity index (χ2v) is 10.8. The van der Waals surface area contributed by atoms with E-state index in [0.717, 1.165) is 21.7 Å². The van der Waals surface area contributed by atoms with Crippen molar-refractivity contribution in [3.63, 3.8) is 0 Å². The van der Waals surface area contributed by atoms with Gasteiger partial charge < -0.3 is 20.7 Å². The lowest BCUT2D eigenvalue weighted by atomic mass is 9.86. The zero-order chi connectivity index (χ0) is 25.2. The van der Waals surface area contributed by atoms with Crippen molar-refractivity contribution in [2.24, 2.45) is 11.1 Å². The van der Waals surface area contributed by atoms with Crippen molar-refractivity contribution in [2.75, 3.05) is 6.54 Å². The van der Waals surface area contributed by atoms with E-state index >= 15 is 0 Å². The minimum atomic E-state index is -0.779. The van der Waals surface area contributed by atoms with Crippen LogP contribution in [0.15, 0.2) is 29.8 Å². The number of amides is 2. The molecular weight excluding hydrogens is 452 g/mol. The van der Waals surface area contributed by atoms with Crippen LogP contribution in [-0.2, 0) is 19.1 Å². The van der Waals surface area contributed by atoms with Crippen LogP contribution < -0.4 is 11.1 Å². The normalized spacial score (nSPS) is 20.0. The number of nitrogens with one attached hydrogen (secondary N) is 1. The molecule has 1 fully saturated rings.